The second kappa shape index (κ2) is 6.08. The summed E-state index contributed by atoms with van der Waals surface area (Å²) in [7, 11) is 0. The van der Waals surface area contributed by atoms with Crippen molar-refractivity contribution < 1.29 is 15.0 Å². The largest absolute Gasteiger partial charge is 0.396 e. The third-order valence-corrected chi connectivity index (χ3v) is 2.91. The van der Waals surface area contributed by atoms with Crippen molar-refractivity contribution in [1.82, 2.24) is 4.90 Å². The maximum atomic E-state index is 11.4. The van der Waals surface area contributed by atoms with E-state index in [1.807, 2.05) is 0 Å². The number of β-amino-alcohol motifs (C(OH)–C–C–N with tert-alkyl or cyclic N) is 1. The number of aliphatic hydroxyl groups is 2. The Morgan fingerprint density at radius 2 is 2.27 bits per heavy atom. The molecular formula is C11H21NO3. The SMILES string of the molecule is CCCC(CCO)CN1CC(O)CC1=O. The zero-order valence-corrected chi connectivity index (χ0v) is 9.35. The summed E-state index contributed by atoms with van der Waals surface area (Å²) in [5, 5.41) is 18.2. The van der Waals surface area contributed by atoms with Crippen molar-refractivity contribution in [2.45, 2.75) is 38.7 Å². The van der Waals surface area contributed by atoms with E-state index in [9.17, 15) is 9.90 Å². The molecule has 0 bridgehead atoms. The zero-order chi connectivity index (χ0) is 11.3. The fourth-order valence-electron chi connectivity index (χ4n) is 2.16. The second-order valence-corrected chi connectivity index (χ2v) is 4.32. The number of carbonyl (C=O) groups excluding carboxylic acids is 1. The van der Waals surface area contributed by atoms with E-state index in [0.29, 0.717) is 19.0 Å². The Kier molecular flexibility index (Phi) is 5.05. The van der Waals surface area contributed by atoms with E-state index in [0.717, 1.165) is 19.3 Å². The molecule has 1 amide bonds. The summed E-state index contributed by atoms with van der Waals surface area (Å²) in [6, 6.07) is 0. The smallest absolute Gasteiger partial charge is 0.225 e. The molecule has 1 fully saturated rings. The monoisotopic (exact) mass is 215 g/mol. The lowest BCUT2D eigenvalue weighted by atomic mass is 10.00. The van der Waals surface area contributed by atoms with Gasteiger partial charge in [-0.15, -0.1) is 0 Å². The number of nitrogens with zero attached hydrogens (tertiary/aromatic N) is 1. The zero-order valence-electron chi connectivity index (χ0n) is 9.35. The Morgan fingerprint density at radius 3 is 2.73 bits per heavy atom. The van der Waals surface area contributed by atoms with Crippen LogP contribution >= 0.6 is 0 Å². The first-order valence-electron chi connectivity index (χ1n) is 5.74. The van der Waals surface area contributed by atoms with Crippen LogP contribution in [-0.4, -0.2) is 46.8 Å². The van der Waals surface area contributed by atoms with E-state index in [2.05, 4.69) is 6.92 Å². The van der Waals surface area contributed by atoms with Gasteiger partial charge >= 0.3 is 0 Å². The summed E-state index contributed by atoms with van der Waals surface area (Å²) in [6.45, 7) is 3.43. The van der Waals surface area contributed by atoms with E-state index in [4.69, 9.17) is 5.11 Å². The van der Waals surface area contributed by atoms with Gasteiger partial charge in [-0.3, -0.25) is 4.79 Å². The van der Waals surface area contributed by atoms with Gasteiger partial charge in [0.1, 0.15) is 0 Å². The molecule has 1 aliphatic rings. The lowest BCUT2D eigenvalue weighted by Gasteiger charge is -2.22. The van der Waals surface area contributed by atoms with Crippen LogP contribution in [0.15, 0.2) is 0 Å². The van der Waals surface area contributed by atoms with E-state index < -0.39 is 6.10 Å². The molecule has 0 aromatic heterocycles. The minimum Gasteiger partial charge on any atom is -0.396 e. The Bertz CT molecular complexity index is 202. The summed E-state index contributed by atoms with van der Waals surface area (Å²) in [5.41, 5.74) is 0. The van der Waals surface area contributed by atoms with Gasteiger partial charge in [-0.1, -0.05) is 13.3 Å². The van der Waals surface area contributed by atoms with Crippen LogP contribution in [-0.2, 0) is 4.79 Å². The Balaban J connectivity index is 2.39. The molecule has 0 aromatic rings. The number of likely N-dealkylation sites (tertiary alicyclic amines) is 1. The van der Waals surface area contributed by atoms with Gasteiger partial charge in [-0.05, 0) is 18.8 Å². The minimum atomic E-state index is -0.492. The molecule has 15 heavy (non-hydrogen) atoms. The third-order valence-electron chi connectivity index (χ3n) is 2.91. The second-order valence-electron chi connectivity index (χ2n) is 4.32. The Labute approximate surface area is 90.9 Å². The molecule has 0 aliphatic carbocycles. The highest BCUT2D eigenvalue weighted by Gasteiger charge is 2.29. The van der Waals surface area contributed by atoms with Crippen LogP contribution in [0.25, 0.3) is 0 Å². The molecule has 4 heteroatoms. The van der Waals surface area contributed by atoms with Crippen molar-refractivity contribution in [3.63, 3.8) is 0 Å². The predicted molar refractivity (Wildman–Crippen MR) is 57.3 cm³/mol. The first-order chi connectivity index (χ1) is 7.17. The lowest BCUT2D eigenvalue weighted by molar-refractivity contribution is -0.128. The molecular weight excluding hydrogens is 194 g/mol. The Hall–Kier alpha value is -0.610. The van der Waals surface area contributed by atoms with Crippen molar-refractivity contribution in [2.75, 3.05) is 19.7 Å². The number of aliphatic hydroxyl groups excluding tert-OH is 2. The molecule has 0 spiro atoms. The van der Waals surface area contributed by atoms with Gasteiger partial charge in [0.25, 0.3) is 0 Å². The van der Waals surface area contributed by atoms with Crippen LogP contribution < -0.4 is 0 Å². The standard InChI is InChI=1S/C11H21NO3/c1-2-3-9(4-5-13)7-12-8-10(14)6-11(12)15/h9-10,13-14H,2-8H2,1H3. The number of rotatable bonds is 6. The van der Waals surface area contributed by atoms with E-state index >= 15 is 0 Å². The molecule has 1 aliphatic heterocycles. The predicted octanol–water partition coefficient (Wildman–Crippen LogP) is 0.378. The molecule has 88 valence electrons. The van der Waals surface area contributed by atoms with Crippen molar-refractivity contribution in [2.24, 2.45) is 5.92 Å². The molecule has 4 nitrogen and oxygen atoms in total. The number of hydrogen-bond acceptors (Lipinski definition) is 3. The molecule has 0 radical (unpaired) electrons. The lowest BCUT2D eigenvalue weighted by Crippen LogP contribution is -2.31. The highest BCUT2D eigenvalue weighted by atomic mass is 16.3. The van der Waals surface area contributed by atoms with Gasteiger partial charge in [-0.25, -0.2) is 0 Å². The first kappa shape index (κ1) is 12.5. The molecule has 2 N–H and O–H groups in total. The number of carbonyl (C=O) groups is 1. The van der Waals surface area contributed by atoms with Crippen molar-refractivity contribution in [3.8, 4) is 0 Å². The minimum absolute atomic E-state index is 0.0431. The topological polar surface area (TPSA) is 60.8 Å². The fraction of sp³-hybridized carbons (Fsp3) is 0.909. The summed E-state index contributed by atoms with van der Waals surface area (Å²) in [4.78, 5) is 13.2. The summed E-state index contributed by atoms with van der Waals surface area (Å²) < 4.78 is 0. The highest BCUT2D eigenvalue weighted by Crippen LogP contribution is 2.17. The van der Waals surface area contributed by atoms with Crippen LogP contribution in [0.2, 0.25) is 0 Å². The molecule has 1 heterocycles. The van der Waals surface area contributed by atoms with Crippen molar-refractivity contribution in [3.05, 3.63) is 0 Å². The normalized spacial score (nSPS) is 23.5. The van der Waals surface area contributed by atoms with E-state index in [1.165, 1.54) is 0 Å². The maximum absolute atomic E-state index is 11.4. The Morgan fingerprint density at radius 1 is 1.53 bits per heavy atom. The average Bonchev–Trinajstić information content (AvgIpc) is 2.46. The molecule has 0 saturated carbocycles. The molecule has 0 aromatic carbocycles. The van der Waals surface area contributed by atoms with E-state index in [1.54, 1.807) is 4.90 Å². The summed E-state index contributed by atoms with van der Waals surface area (Å²) in [5.74, 6) is 0.413. The summed E-state index contributed by atoms with van der Waals surface area (Å²) in [6.07, 6.45) is 2.61. The van der Waals surface area contributed by atoms with Crippen molar-refractivity contribution in [1.29, 1.82) is 0 Å². The summed E-state index contributed by atoms with van der Waals surface area (Å²) >= 11 is 0. The van der Waals surface area contributed by atoms with Gasteiger partial charge in [0.15, 0.2) is 0 Å². The van der Waals surface area contributed by atoms with Crippen LogP contribution in [0.1, 0.15) is 32.6 Å². The number of amides is 1. The first-order valence-corrected chi connectivity index (χ1v) is 5.74. The number of hydrogen-bond donors (Lipinski definition) is 2. The molecule has 1 saturated heterocycles. The highest BCUT2D eigenvalue weighted by molar-refractivity contribution is 5.78. The van der Waals surface area contributed by atoms with Crippen LogP contribution in [0.5, 0.6) is 0 Å². The van der Waals surface area contributed by atoms with Gasteiger partial charge in [0, 0.05) is 19.7 Å². The van der Waals surface area contributed by atoms with Gasteiger partial charge in [0.05, 0.1) is 12.5 Å². The molecule has 2 atom stereocenters. The molecule has 1 rings (SSSR count). The average molecular weight is 215 g/mol. The quantitative estimate of drug-likeness (QED) is 0.673. The van der Waals surface area contributed by atoms with Crippen molar-refractivity contribution >= 4 is 5.91 Å². The van der Waals surface area contributed by atoms with Crippen LogP contribution in [0.4, 0.5) is 0 Å². The fourth-order valence-corrected chi connectivity index (χ4v) is 2.16. The van der Waals surface area contributed by atoms with Crippen LogP contribution in [0, 0.1) is 5.92 Å². The van der Waals surface area contributed by atoms with Crippen LogP contribution in [0.3, 0.4) is 0 Å². The van der Waals surface area contributed by atoms with Gasteiger partial charge < -0.3 is 15.1 Å². The van der Waals surface area contributed by atoms with Gasteiger partial charge in [-0.2, -0.15) is 0 Å². The van der Waals surface area contributed by atoms with E-state index in [-0.39, 0.29) is 18.9 Å². The molecule has 2 unspecified atom stereocenters. The van der Waals surface area contributed by atoms with Gasteiger partial charge in [0.2, 0.25) is 5.91 Å². The third kappa shape index (κ3) is 3.80. The maximum Gasteiger partial charge on any atom is 0.225 e.